The van der Waals surface area contributed by atoms with E-state index in [1.807, 2.05) is 0 Å². The predicted octanol–water partition coefficient (Wildman–Crippen LogP) is 10.4. The summed E-state index contributed by atoms with van der Waals surface area (Å²) in [5.74, 6) is -1.28. The zero-order valence-electron chi connectivity index (χ0n) is 28.2. The van der Waals surface area contributed by atoms with Crippen molar-refractivity contribution in [1.82, 2.24) is 0 Å². The lowest BCUT2D eigenvalue weighted by molar-refractivity contribution is -0.155. The summed E-state index contributed by atoms with van der Waals surface area (Å²) in [5.41, 5.74) is 0. The van der Waals surface area contributed by atoms with Crippen LogP contribution in [0.15, 0.2) is 0 Å². The molecule has 0 fully saturated rings. The van der Waals surface area contributed by atoms with E-state index in [0.717, 1.165) is 38.5 Å². The Morgan fingerprint density at radius 2 is 0.857 bits per heavy atom. The molecular formula is C37H72O5. The van der Waals surface area contributed by atoms with Gasteiger partial charge in [0, 0.05) is 6.42 Å². The van der Waals surface area contributed by atoms with Gasteiger partial charge in [-0.1, -0.05) is 181 Å². The molecule has 0 aliphatic rings. The normalized spacial score (nSPS) is 12.9. The minimum Gasteiger partial charge on any atom is -0.462 e. The zero-order chi connectivity index (χ0) is 30.9. The number of aliphatic hydroxyl groups is 2. The maximum Gasteiger partial charge on any atom is 0.316 e. The first-order valence-electron chi connectivity index (χ1n) is 18.5. The summed E-state index contributed by atoms with van der Waals surface area (Å²) in [6.45, 7) is 3.82. The van der Waals surface area contributed by atoms with Crippen LogP contribution in [0, 0.1) is 5.92 Å². The van der Waals surface area contributed by atoms with E-state index in [1.54, 1.807) is 0 Å². The third kappa shape index (κ3) is 27.9. The van der Waals surface area contributed by atoms with Crippen LogP contribution in [0.25, 0.3) is 0 Å². The fraction of sp³-hybridized carbons (Fsp3) is 0.946. The lowest BCUT2D eigenvalue weighted by Gasteiger charge is -2.16. The van der Waals surface area contributed by atoms with Crippen molar-refractivity contribution >= 4 is 11.8 Å². The van der Waals surface area contributed by atoms with Crippen LogP contribution in [-0.4, -0.2) is 41.3 Å². The van der Waals surface area contributed by atoms with Gasteiger partial charge in [-0.2, -0.15) is 0 Å². The van der Waals surface area contributed by atoms with Crippen molar-refractivity contribution < 1.29 is 24.5 Å². The molecule has 0 amide bonds. The second-order valence-corrected chi connectivity index (χ2v) is 12.9. The number of carbonyl (C=O) groups is 2. The third-order valence-electron chi connectivity index (χ3n) is 8.67. The highest BCUT2D eigenvalue weighted by atomic mass is 16.5. The smallest absolute Gasteiger partial charge is 0.316 e. The lowest BCUT2D eigenvalue weighted by atomic mass is 9.92. The summed E-state index contributed by atoms with van der Waals surface area (Å²) >= 11 is 0. The topological polar surface area (TPSA) is 83.8 Å². The number of carbonyl (C=O) groups excluding carboxylic acids is 2. The highest BCUT2D eigenvalue weighted by molar-refractivity contribution is 5.98. The summed E-state index contributed by atoms with van der Waals surface area (Å²) in [6.07, 6.45) is 34.1. The maximum atomic E-state index is 13.0. The Morgan fingerprint density at radius 3 is 1.21 bits per heavy atom. The Balaban J connectivity index is 4.04. The van der Waals surface area contributed by atoms with Crippen molar-refractivity contribution in [3.05, 3.63) is 0 Å². The molecule has 0 aliphatic carbocycles. The van der Waals surface area contributed by atoms with Crippen LogP contribution in [0.3, 0.4) is 0 Å². The first kappa shape index (κ1) is 41.1. The molecule has 2 unspecified atom stereocenters. The van der Waals surface area contributed by atoms with Crippen molar-refractivity contribution in [2.75, 3.05) is 13.2 Å². The van der Waals surface area contributed by atoms with E-state index in [4.69, 9.17) is 9.84 Å². The van der Waals surface area contributed by atoms with Gasteiger partial charge >= 0.3 is 5.97 Å². The quantitative estimate of drug-likeness (QED) is 0.0438. The molecule has 42 heavy (non-hydrogen) atoms. The van der Waals surface area contributed by atoms with Crippen LogP contribution in [0.4, 0.5) is 0 Å². The van der Waals surface area contributed by atoms with Crippen molar-refractivity contribution in [2.24, 2.45) is 5.92 Å². The number of hydrogen-bond donors (Lipinski definition) is 2. The van der Waals surface area contributed by atoms with Gasteiger partial charge in [0.2, 0.25) is 0 Å². The van der Waals surface area contributed by atoms with Gasteiger partial charge < -0.3 is 14.9 Å². The summed E-state index contributed by atoms with van der Waals surface area (Å²) < 4.78 is 5.20. The van der Waals surface area contributed by atoms with E-state index in [1.165, 1.54) is 135 Å². The Kier molecular flexibility index (Phi) is 32.2. The summed E-state index contributed by atoms with van der Waals surface area (Å²) in [4.78, 5) is 25.6. The predicted molar refractivity (Wildman–Crippen MR) is 178 cm³/mol. The number of esters is 1. The lowest BCUT2D eigenvalue weighted by Crippen LogP contribution is -2.30. The Morgan fingerprint density at radius 1 is 0.524 bits per heavy atom. The number of unbranched alkanes of at least 4 members (excludes halogenated alkanes) is 25. The van der Waals surface area contributed by atoms with E-state index in [-0.39, 0.29) is 12.4 Å². The molecule has 5 nitrogen and oxygen atoms in total. The maximum absolute atomic E-state index is 13.0. The van der Waals surface area contributed by atoms with Gasteiger partial charge in [0.25, 0.3) is 0 Å². The number of aliphatic hydroxyl groups excluding tert-OH is 2. The average Bonchev–Trinajstić information content (AvgIpc) is 2.99. The molecular weight excluding hydrogens is 524 g/mol. The molecule has 5 heteroatoms. The fourth-order valence-corrected chi connectivity index (χ4v) is 5.78. The van der Waals surface area contributed by atoms with Crippen molar-refractivity contribution in [2.45, 2.75) is 206 Å². The van der Waals surface area contributed by atoms with Gasteiger partial charge in [0.1, 0.15) is 24.4 Å². The molecule has 0 heterocycles. The van der Waals surface area contributed by atoms with Crippen molar-refractivity contribution in [3.63, 3.8) is 0 Å². The molecule has 0 radical (unpaired) electrons. The number of hydrogen-bond acceptors (Lipinski definition) is 5. The summed E-state index contributed by atoms with van der Waals surface area (Å²) in [6, 6.07) is 0. The summed E-state index contributed by atoms with van der Waals surface area (Å²) in [7, 11) is 0. The SMILES string of the molecule is CCCCCCCCCCCCCCCCC(C(=O)CCCCCCCCCCCCCCC)C(=O)OCC(O)CO. The number of ketones is 1. The van der Waals surface area contributed by atoms with Crippen molar-refractivity contribution in [1.29, 1.82) is 0 Å². The molecule has 2 atom stereocenters. The zero-order valence-corrected chi connectivity index (χ0v) is 28.2. The van der Waals surface area contributed by atoms with Crippen molar-refractivity contribution in [3.8, 4) is 0 Å². The number of ether oxygens (including phenoxy) is 1. The standard InChI is InChI=1S/C37H72O5/c1-3-5-7-9-11-13-15-17-19-20-22-24-26-28-30-35(37(41)42-33-34(39)32-38)36(40)31-29-27-25-23-21-18-16-14-12-10-8-6-4-2/h34-35,38-39H,3-33H2,1-2H3. The van der Waals surface area contributed by atoms with E-state index in [9.17, 15) is 14.7 Å². The Hall–Kier alpha value is -0.940. The molecule has 0 saturated carbocycles. The fourth-order valence-electron chi connectivity index (χ4n) is 5.78. The minimum atomic E-state index is -1.09. The van der Waals surface area contributed by atoms with E-state index < -0.39 is 24.6 Å². The highest BCUT2D eigenvalue weighted by Crippen LogP contribution is 2.20. The summed E-state index contributed by atoms with van der Waals surface area (Å²) in [5, 5.41) is 18.6. The van der Waals surface area contributed by atoms with Gasteiger partial charge in [-0.25, -0.2) is 0 Å². The first-order valence-corrected chi connectivity index (χ1v) is 18.5. The number of rotatable bonds is 34. The second-order valence-electron chi connectivity index (χ2n) is 12.9. The third-order valence-corrected chi connectivity index (χ3v) is 8.67. The molecule has 250 valence electrons. The van der Waals surface area contributed by atoms with Gasteiger partial charge in [-0.3, -0.25) is 9.59 Å². The average molecular weight is 597 g/mol. The second kappa shape index (κ2) is 33.0. The van der Waals surface area contributed by atoms with E-state index in [2.05, 4.69) is 13.8 Å². The highest BCUT2D eigenvalue weighted by Gasteiger charge is 2.27. The molecule has 0 aromatic carbocycles. The molecule has 0 bridgehead atoms. The van der Waals surface area contributed by atoms with Gasteiger partial charge in [0.15, 0.2) is 0 Å². The van der Waals surface area contributed by atoms with Crippen LogP contribution in [0.5, 0.6) is 0 Å². The van der Waals surface area contributed by atoms with Crippen LogP contribution >= 0.6 is 0 Å². The molecule has 0 aromatic heterocycles. The largest absolute Gasteiger partial charge is 0.462 e. The van der Waals surface area contributed by atoms with E-state index >= 15 is 0 Å². The molecule has 2 N–H and O–H groups in total. The molecule has 0 spiro atoms. The van der Waals surface area contributed by atoms with Crippen LogP contribution < -0.4 is 0 Å². The minimum absolute atomic E-state index is 0.0174. The molecule has 0 aromatic rings. The Labute approximate surface area is 261 Å². The van der Waals surface area contributed by atoms with E-state index in [0.29, 0.717) is 12.8 Å². The van der Waals surface area contributed by atoms with Crippen LogP contribution in [0.2, 0.25) is 0 Å². The van der Waals surface area contributed by atoms with Gasteiger partial charge in [-0.15, -0.1) is 0 Å². The molecule has 0 saturated heterocycles. The molecule has 0 aliphatic heterocycles. The van der Waals surface area contributed by atoms with Crippen LogP contribution in [-0.2, 0) is 14.3 Å². The van der Waals surface area contributed by atoms with Gasteiger partial charge in [0.05, 0.1) is 6.61 Å². The van der Waals surface area contributed by atoms with Crippen LogP contribution in [0.1, 0.15) is 200 Å². The molecule has 0 rings (SSSR count). The Bertz CT molecular complexity index is 579. The number of Topliss-reactive ketones (excluding diaryl/α,β-unsaturated/α-hetero) is 1. The van der Waals surface area contributed by atoms with Gasteiger partial charge in [-0.05, 0) is 12.8 Å². The monoisotopic (exact) mass is 597 g/mol. The first-order chi connectivity index (χ1) is 20.6.